The summed E-state index contributed by atoms with van der Waals surface area (Å²) in [6.45, 7) is 2.93. The van der Waals surface area contributed by atoms with Crippen molar-refractivity contribution in [3.05, 3.63) is 58.6 Å². The number of halogens is 1. The zero-order chi connectivity index (χ0) is 19.1. The van der Waals surface area contributed by atoms with Crippen LogP contribution in [0.15, 0.2) is 42.5 Å². The van der Waals surface area contributed by atoms with Crippen molar-refractivity contribution in [1.82, 2.24) is 0 Å². The highest BCUT2D eigenvalue weighted by molar-refractivity contribution is 6.30. The third-order valence-corrected chi connectivity index (χ3v) is 3.65. The lowest BCUT2D eigenvalue weighted by Gasteiger charge is -2.14. The molecule has 0 saturated heterocycles. The van der Waals surface area contributed by atoms with Gasteiger partial charge in [-0.2, -0.15) is 5.26 Å². The monoisotopic (exact) mass is 372 g/mol. The van der Waals surface area contributed by atoms with Gasteiger partial charge in [0, 0.05) is 10.7 Å². The van der Waals surface area contributed by atoms with Crippen LogP contribution in [-0.2, 0) is 14.3 Å². The molecule has 2 aromatic carbocycles. The van der Waals surface area contributed by atoms with Crippen molar-refractivity contribution in [2.75, 3.05) is 11.9 Å². The Bertz CT molecular complexity index is 861. The van der Waals surface area contributed by atoms with Crippen LogP contribution in [0.3, 0.4) is 0 Å². The molecule has 0 aliphatic rings. The maximum Gasteiger partial charge on any atom is 0.344 e. The molecule has 0 saturated carbocycles. The maximum absolute atomic E-state index is 12.1. The second kappa shape index (κ2) is 8.88. The topological polar surface area (TPSA) is 88.4 Å². The Kier molecular flexibility index (Phi) is 6.59. The van der Waals surface area contributed by atoms with Gasteiger partial charge in [-0.15, -0.1) is 0 Å². The molecule has 0 aromatic heterocycles. The van der Waals surface area contributed by atoms with E-state index < -0.39 is 18.0 Å². The molecule has 1 amide bonds. The Balaban J connectivity index is 1.85. The zero-order valence-corrected chi connectivity index (χ0v) is 15.0. The number of benzene rings is 2. The standard InChI is InChI=1S/C19H17ClN2O4/c1-12-8-15(20)6-7-17(12)25-11-18(23)26-13(2)19(24)22-16-5-3-4-14(9-16)10-21/h3-9,13H,11H2,1-2H3,(H,22,24). The quantitative estimate of drug-likeness (QED) is 0.784. The molecule has 0 fully saturated rings. The molecule has 7 heteroatoms. The van der Waals surface area contributed by atoms with Crippen LogP contribution in [0.5, 0.6) is 5.75 Å². The van der Waals surface area contributed by atoms with E-state index in [0.717, 1.165) is 5.56 Å². The second-order valence-electron chi connectivity index (χ2n) is 5.51. The predicted molar refractivity (Wildman–Crippen MR) is 97.0 cm³/mol. The van der Waals surface area contributed by atoms with E-state index in [1.165, 1.54) is 13.0 Å². The number of hydrogen-bond acceptors (Lipinski definition) is 5. The summed E-state index contributed by atoms with van der Waals surface area (Å²) in [5.41, 5.74) is 1.65. The Morgan fingerprint density at radius 3 is 2.73 bits per heavy atom. The average molecular weight is 373 g/mol. The largest absolute Gasteiger partial charge is 0.482 e. The molecule has 2 rings (SSSR count). The maximum atomic E-state index is 12.1. The van der Waals surface area contributed by atoms with Crippen LogP contribution in [0.2, 0.25) is 5.02 Å². The first-order valence-electron chi connectivity index (χ1n) is 7.78. The zero-order valence-electron chi connectivity index (χ0n) is 14.3. The second-order valence-corrected chi connectivity index (χ2v) is 5.95. The van der Waals surface area contributed by atoms with E-state index in [-0.39, 0.29) is 6.61 Å². The molecule has 0 aliphatic carbocycles. The lowest BCUT2D eigenvalue weighted by atomic mass is 10.2. The van der Waals surface area contributed by atoms with Crippen LogP contribution in [-0.4, -0.2) is 24.6 Å². The van der Waals surface area contributed by atoms with E-state index in [1.54, 1.807) is 43.3 Å². The van der Waals surface area contributed by atoms with Crippen molar-refractivity contribution >= 4 is 29.2 Å². The van der Waals surface area contributed by atoms with Crippen LogP contribution in [0.4, 0.5) is 5.69 Å². The summed E-state index contributed by atoms with van der Waals surface area (Å²) in [5, 5.41) is 12.0. The summed E-state index contributed by atoms with van der Waals surface area (Å²) < 4.78 is 10.4. The van der Waals surface area contributed by atoms with Crippen molar-refractivity contribution in [3.63, 3.8) is 0 Å². The van der Waals surface area contributed by atoms with Crippen molar-refractivity contribution in [2.24, 2.45) is 0 Å². The number of nitrogens with zero attached hydrogens (tertiary/aromatic N) is 1. The normalized spacial score (nSPS) is 11.2. The fourth-order valence-corrected chi connectivity index (χ4v) is 2.33. The van der Waals surface area contributed by atoms with Crippen molar-refractivity contribution < 1.29 is 19.1 Å². The minimum atomic E-state index is -1.01. The number of nitrogens with one attached hydrogen (secondary N) is 1. The SMILES string of the molecule is Cc1cc(Cl)ccc1OCC(=O)OC(C)C(=O)Nc1cccc(C#N)c1. The number of anilines is 1. The molecular formula is C19H17ClN2O4. The fourth-order valence-electron chi connectivity index (χ4n) is 2.11. The highest BCUT2D eigenvalue weighted by Crippen LogP contribution is 2.21. The lowest BCUT2D eigenvalue weighted by Crippen LogP contribution is -2.31. The van der Waals surface area contributed by atoms with Crippen LogP contribution >= 0.6 is 11.6 Å². The van der Waals surface area contributed by atoms with Crippen molar-refractivity contribution in [3.8, 4) is 11.8 Å². The Hall–Kier alpha value is -3.04. The molecule has 0 aliphatic heterocycles. The first-order valence-corrected chi connectivity index (χ1v) is 8.16. The molecule has 26 heavy (non-hydrogen) atoms. The molecule has 2 aromatic rings. The summed E-state index contributed by atoms with van der Waals surface area (Å²) in [5.74, 6) is -0.666. The van der Waals surface area contributed by atoms with Gasteiger partial charge in [0.05, 0.1) is 11.6 Å². The van der Waals surface area contributed by atoms with Crippen LogP contribution < -0.4 is 10.1 Å². The van der Waals surface area contributed by atoms with E-state index in [1.807, 2.05) is 6.07 Å². The molecule has 0 radical (unpaired) electrons. The highest BCUT2D eigenvalue weighted by Gasteiger charge is 2.18. The Morgan fingerprint density at radius 2 is 2.04 bits per heavy atom. The summed E-state index contributed by atoms with van der Waals surface area (Å²) in [6, 6.07) is 13.4. The summed E-state index contributed by atoms with van der Waals surface area (Å²) in [6.07, 6.45) is -1.01. The fraction of sp³-hybridized carbons (Fsp3) is 0.211. The van der Waals surface area contributed by atoms with Gasteiger partial charge in [-0.3, -0.25) is 4.79 Å². The van der Waals surface area contributed by atoms with Gasteiger partial charge < -0.3 is 14.8 Å². The average Bonchev–Trinajstić information content (AvgIpc) is 2.61. The van der Waals surface area contributed by atoms with Crippen molar-refractivity contribution in [2.45, 2.75) is 20.0 Å². The van der Waals surface area contributed by atoms with Gasteiger partial charge in [-0.25, -0.2) is 4.79 Å². The van der Waals surface area contributed by atoms with E-state index in [4.69, 9.17) is 26.3 Å². The van der Waals surface area contributed by atoms with Crippen LogP contribution in [0, 0.1) is 18.3 Å². The van der Waals surface area contributed by atoms with Gasteiger partial charge >= 0.3 is 5.97 Å². The van der Waals surface area contributed by atoms with E-state index in [0.29, 0.717) is 22.0 Å². The number of aryl methyl sites for hydroxylation is 1. The van der Waals surface area contributed by atoms with Crippen molar-refractivity contribution in [1.29, 1.82) is 5.26 Å². The number of carbonyl (C=O) groups excluding carboxylic acids is 2. The van der Waals surface area contributed by atoms with Gasteiger partial charge in [0.25, 0.3) is 5.91 Å². The lowest BCUT2D eigenvalue weighted by molar-refractivity contribution is -0.155. The third kappa shape index (κ3) is 5.50. The Labute approximate surface area is 156 Å². The molecule has 1 N–H and O–H groups in total. The Morgan fingerprint density at radius 1 is 1.27 bits per heavy atom. The molecule has 134 valence electrons. The molecule has 1 unspecified atom stereocenters. The van der Waals surface area contributed by atoms with E-state index >= 15 is 0 Å². The summed E-state index contributed by atoms with van der Waals surface area (Å²) in [4.78, 5) is 24.0. The summed E-state index contributed by atoms with van der Waals surface area (Å²) >= 11 is 5.86. The minimum absolute atomic E-state index is 0.329. The molecule has 0 bridgehead atoms. The number of esters is 1. The minimum Gasteiger partial charge on any atom is -0.482 e. The number of ether oxygens (including phenoxy) is 2. The predicted octanol–water partition coefficient (Wildman–Crippen LogP) is 3.47. The van der Waals surface area contributed by atoms with Gasteiger partial charge in [0.1, 0.15) is 5.75 Å². The van der Waals surface area contributed by atoms with Crippen LogP contribution in [0.1, 0.15) is 18.1 Å². The van der Waals surface area contributed by atoms with Gasteiger partial charge in [0.2, 0.25) is 0 Å². The molecular weight excluding hydrogens is 356 g/mol. The molecule has 0 heterocycles. The molecule has 0 spiro atoms. The van der Waals surface area contributed by atoms with E-state index in [9.17, 15) is 9.59 Å². The number of nitriles is 1. The number of hydrogen-bond donors (Lipinski definition) is 1. The van der Waals surface area contributed by atoms with E-state index in [2.05, 4.69) is 5.32 Å². The van der Waals surface area contributed by atoms with Gasteiger partial charge in [-0.1, -0.05) is 17.7 Å². The summed E-state index contributed by atoms with van der Waals surface area (Å²) in [7, 11) is 0. The molecule has 6 nitrogen and oxygen atoms in total. The van der Waals surface area contributed by atoms with Gasteiger partial charge in [0.15, 0.2) is 12.7 Å². The third-order valence-electron chi connectivity index (χ3n) is 3.42. The highest BCUT2D eigenvalue weighted by atomic mass is 35.5. The van der Waals surface area contributed by atoms with Gasteiger partial charge in [-0.05, 0) is 55.8 Å². The first-order chi connectivity index (χ1) is 12.4. The number of rotatable bonds is 6. The number of amides is 1. The smallest absolute Gasteiger partial charge is 0.344 e. The number of carbonyl (C=O) groups is 2. The first kappa shape index (κ1) is 19.3. The molecule has 1 atom stereocenters. The van der Waals surface area contributed by atoms with Crippen LogP contribution in [0.25, 0.3) is 0 Å².